The van der Waals surface area contributed by atoms with E-state index < -0.39 is 15.8 Å². The molecule has 160 valence electrons. The zero-order valence-electron chi connectivity index (χ0n) is 16.0. The molecule has 1 saturated heterocycles. The van der Waals surface area contributed by atoms with Gasteiger partial charge in [0.05, 0.1) is 18.2 Å². The minimum absolute atomic E-state index is 0.0701. The summed E-state index contributed by atoms with van der Waals surface area (Å²) >= 11 is 6.27. The van der Waals surface area contributed by atoms with Gasteiger partial charge in [-0.15, -0.1) is 0 Å². The minimum atomic E-state index is -3.97. The molecule has 2 heterocycles. The van der Waals surface area contributed by atoms with Gasteiger partial charge in [-0.05, 0) is 24.3 Å². The molecule has 1 fully saturated rings. The summed E-state index contributed by atoms with van der Waals surface area (Å²) in [4.78, 5) is 14.1. The van der Waals surface area contributed by atoms with Gasteiger partial charge in [0.15, 0.2) is 11.5 Å². The second-order valence-electron chi connectivity index (χ2n) is 6.96. The van der Waals surface area contributed by atoms with Crippen LogP contribution in [0, 0.1) is 5.82 Å². The number of carbonyl (C=O) groups excluding carboxylic acids is 1. The summed E-state index contributed by atoms with van der Waals surface area (Å²) in [6.45, 7) is 1.45. The van der Waals surface area contributed by atoms with Crippen molar-refractivity contribution in [2.45, 2.75) is 11.3 Å². The van der Waals surface area contributed by atoms with Crippen LogP contribution in [0.4, 0.5) is 4.39 Å². The number of benzene rings is 2. The molecule has 0 spiro atoms. The Balaban J connectivity index is 1.48. The Labute approximate surface area is 179 Å². The minimum Gasteiger partial charge on any atom is -0.489 e. The van der Waals surface area contributed by atoms with Gasteiger partial charge in [0, 0.05) is 38.2 Å². The third kappa shape index (κ3) is 3.97. The SMILES string of the molecule is O=C(c1cc(Cl)c2c(c1)OCCCO2)N1CCN(S(=O)(=O)c2ccccc2F)CC1. The van der Waals surface area contributed by atoms with Crippen LogP contribution in [0.15, 0.2) is 41.3 Å². The first kappa shape index (κ1) is 20.9. The maximum atomic E-state index is 14.0. The van der Waals surface area contributed by atoms with Crippen LogP contribution in [0.25, 0.3) is 0 Å². The van der Waals surface area contributed by atoms with Gasteiger partial charge < -0.3 is 14.4 Å². The predicted molar refractivity (Wildman–Crippen MR) is 108 cm³/mol. The van der Waals surface area contributed by atoms with E-state index in [9.17, 15) is 17.6 Å². The summed E-state index contributed by atoms with van der Waals surface area (Å²) in [5.74, 6) is -0.232. The van der Waals surface area contributed by atoms with Gasteiger partial charge in [-0.3, -0.25) is 4.79 Å². The highest BCUT2D eigenvalue weighted by atomic mass is 35.5. The van der Waals surface area contributed by atoms with Crippen molar-refractivity contribution in [3.05, 3.63) is 52.8 Å². The van der Waals surface area contributed by atoms with Crippen LogP contribution < -0.4 is 9.47 Å². The van der Waals surface area contributed by atoms with Gasteiger partial charge >= 0.3 is 0 Å². The molecule has 2 aliphatic heterocycles. The highest BCUT2D eigenvalue weighted by Crippen LogP contribution is 2.38. The van der Waals surface area contributed by atoms with Crippen LogP contribution in [-0.4, -0.2) is 62.9 Å². The summed E-state index contributed by atoms with van der Waals surface area (Å²) in [6.07, 6.45) is 0.715. The molecule has 0 saturated carbocycles. The van der Waals surface area contributed by atoms with Gasteiger partial charge in [0.2, 0.25) is 10.0 Å². The molecule has 2 aromatic rings. The van der Waals surface area contributed by atoms with Crippen molar-refractivity contribution in [2.75, 3.05) is 39.4 Å². The Morgan fingerprint density at radius 2 is 1.73 bits per heavy atom. The van der Waals surface area contributed by atoms with Crippen LogP contribution in [-0.2, 0) is 10.0 Å². The molecule has 4 rings (SSSR count). The van der Waals surface area contributed by atoms with Gasteiger partial charge in [-0.1, -0.05) is 23.7 Å². The number of hydrogen-bond donors (Lipinski definition) is 0. The lowest BCUT2D eigenvalue weighted by Gasteiger charge is -2.34. The van der Waals surface area contributed by atoms with Crippen molar-refractivity contribution < 1.29 is 27.1 Å². The molecular formula is C20H20ClFN2O5S. The number of amides is 1. The molecular weight excluding hydrogens is 435 g/mol. The molecule has 30 heavy (non-hydrogen) atoms. The van der Waals surface area contributed by atoms with E-state index >= 15 is 0 Å². The number of ether oxygens (including phenoxy) is 2. The molecule has 0 atom stereocenters. The normalized spacial score (nSPS) is 17.5. The Kier molecular flexibility index (Phi) is 5.86. The average Bonchev–Trinajstić information content (AvgIpc) is 2.99. The van der Waals surface area contributed by atoms with Crippen molar-refractivity contribution in [3.8, 4) is 11.5 Å². The number of rotatable bonds is 3. The average molecular weight is 455 g/mol. The number of nitrogens with zero attached hydrogens (tertiary/aromatic N) is 2. The van der Waals surface area contributed by atoms with Crippen molar-refractivity contribution in [1.29, 1.82) is 0 Å². The van der Waals surface area contributed by atoms with Crippen LogP contribution >= 0.6 is 11.6 Å². The van der Waals surface area contributed by atoms with Crippen LogP contribution in [0.5, 0.6) is 11.5 Å². The monoisotopic (exact) mass is 454 g/mol. The van der Waals surface area contributed by atoms with Crippen molar-refractivity contribution in [1.82, 2.24) is 9.21 Å². The van der Waals surface area contributed by atoms with Crippen LogP contribution in [0.3, 0.4) is 0 Å². The maximum absolute atomic E-state index is 14.0. The Hall–Kier alpha value is -2.36. The molecule has 0 radical (unpaired) electrons. The number of fused-ring (bicyclic) bond motifs is 1. The number of piperazine rings is 1. The zero-order valence-corrected chi connectivity index (χ0v) is 17.6. The fraction of sp³-hybridized carbons (Fsp3) is 0.350. The van der Waals surface area contributed by atoms with Crippen LogP contribution in [0.2, 0.25) is 5.02 Å². The summed E-state index contributed by atoms with van der Waals surface area (Å²) < 4.78 is 51.8. The topological polar surface area (TPSA) is 76.2 Å². The molecule has 0 bridgehead atoms. The number of carbonyl (C=O) groups is 1. The first-order chi connectivity index (χ1) is 14.4. The molecule has 0 N–H and O–H groups in total. The van der Waals surface area contributed by atoms with Gasteiger partial charge in [-0.25, -0.2) is 12.8 Å². The van der Waals surface area contributed by atoms with Crippen LogP contribution in [0.1, 0.15) is 16.8 Å². The molecule has 0 unspecified atom stereocenters. The summed E-state index contributed by atoms with van der Waals surface area (Å²) in [7, 11) is -3.97. The smallest absolute Gasteiger partial charge is 0.254 e. The van der Waals surface area contributed by atoms with Crippen molar-refractivity contribution in [3.63, 3.8) is 0 Å². The number of sulfonamides is 1. The maximum Gasteiger partial charge on any atom is 0.254 e. The first-order valence-electron chi connectivity index (χ1n) is 9.51. The fourth-order valence-electron chi connectivity index (χ4n) is 3.46. The highest BCUT2D eigenvalue weighted by Gasteiger charge is 2.32. The number of halogens is 2. The van der Waals surface area contributed by atoms with E-state index in [1.807, 2.05) is 0 Å². The molecule has 1 amide bonds. The number of hydrogen-bond acceptors (Lipinski definition) is 5. The second kappa shape index (κ2) is 8.41. The largest absolute Gasteiger partial charge is 0.489 e. The van der Waals surface area contributed by atoms with Gasteiger partial charge in [0.1, 0.15) is 10.7 Å². The third-order valence-corrected chi connectivity index (χ3v) is 7.24. The highest BCUT2D eigenvalue weighted by molar-refractivity contribution is 7.89. The fourth-order valence-corrected chi connectivity index (χ4v) is 5.21. The Morgan fingerprint density at radius 1 is 1.03 bits per heavy atom. The summed E-state index contributed by atoms with van der Waals surface area (Å²) in [5.41, 5.74) is 0.342. The predicted octanol–water partition coefficient (Wildman–Crippen LogP) is 2.79. The lowest BCUT2D eigenvalue weighted by Crippen LogP contribution is -2.50. The van der Waals surface area contributed by atoms with E-state index in [1.54, 1.807) is 11.0 Å². The summed E-state index contributed by atoms with van der Waals surface area (Å²) in [6, 6.07) is 8.38. The third-order valence-electron chi connectivity index (χ3n) is 5.03. The quantitative estimate of drug-likeness (QED) is 0.712. The van der Waals surface area contributed by atoms with E-state index in [1.165, 1.54) is 28.6 Å². The zero-order chi connectivity index (χ0) is 21.3. The molecule has 2 aliphatic rings. The Bertz CT molecular complexity index is 1070. The molecule has 0 aliphatic carbocycles. The molecule has 7 nitrogen and oxygen atoms in total. The second-order valence-corrected chi connectivity index (χ2v) is 9.28. The van der Waals surface area contributed by atoms with Crippen molar-refractivity contribution >= 4 is 27.5 Å². The first-order valence-corrected chi connectivity index (χ1v) is 11.3. The van der Waals surface area contributed by atoms with Crippen molar-refractivity contribution in [2.24, 2.45) is 0 Å². The van der Waals surface area contributed by atoms with E-state index in [2.05, 4.69) is 0 Å². The molecule has 10 heteroatoms. The molecule has 2 aromatic carbocycles. The Morgan fingerprint density at radius 3 is 2.47 bits per heavy atom. The van der Waals surface area contributed by atoms with E-state index in [4.69, 9.17) is 21.1 Å². The van der Waals surface area contributed by atoms with E-state index in [0.717, 1.165) is 6.07 Å². The van der Waals surface area contributed by atoms with Gasteiger partial charge in [-0.2, -0.15) is 4.31 Å². The van der Waals surface area contributed by atoms with E-state index in [-0.39, 0.29) is 37.0 Å². The van der Waals surface area contributed by atoms with E-state index in [0.29, 0.717) is 41.7 Å². The lowest BCUT2D eigenvalue weighted by atomic mass is 10.1. The molecule has 0 aromatic heterocycles. The lowest BCUT2D eigenvalue weighted by molar-refractivity contribution is 0.0697. The standard InChI is InChI=1S/C20H20ClFN2O5S/c21-15-12-14(13-17-19(15)29-11-3-10-28-17)20(25)23-6-8-24(9-7-23)30(26,27)18-5-2-1-4-16(18)22/h1-2,4-5,12-13H,3,6-11H2. The van der Waals surface area contributed by atoms with Gasteiger partial charge in [0.25, 0.3) is 5.91 Å². The summed E-state index contributed by atoms with van der Waals surface area (Å²) in [5, 5.41) is 0.290.